The Morgan fingerprint density at radius 3 is 2.71 bits per heavy atom. The first-order chi connectivity index (χ1) is 13.5. The molecule has 0 unspecified atom stereocenters. The molecule has 2 amide bonds. The standard InChI is InChI=1S/C19H11N5O3S/c20-15-14-11(16(26)23-17(14)27)8-13(25)24(15)10-4-1-3-9(7-10)18-22-12-5-2-6-21-19(12)28-18/h1-8H,20H2,(H,23,26,27). The Morgan fingerprint density at radius 1 is 1.04 bits per heavy atom. The van der Waals surface area contributed by atoms with Crippen molar-refractivity contribution in [3.05, 3.63) is 70.1 Å². The Bertz CT molecular complexity index is 1340. The van der Waals surface area contributed by atoms with Crippen LogP contribution in [0.25, 0.3) is 26.6 Å². The van der Waals surface area contributed by atoms with Gasteiger partial charge in [-0.05, 0) is 24.3 Å². The molecule has 0 saturated heterocycles. The average molecular weight is 389 g/mol. The Labute approximate surface area is 161 Å². The molecule has 4 heterocycles. The fourth-order valence-corrected chi connectivity index (χ4v) is 4.12. The fourth-order valence-electron chi connectivity index (χ4n) is 3.22. The van der Waals surface area contributed by atoms with Gasteiger partial charge in [0.2, 0.25) is 0 Å². The van der Waals surface area contributed by atoms with E-state index in [-0.39, 0.29) is 16.9 Å². The largest absolute Gasteiger partial charge is 0.384 e. The lowest BCUT2D eigenvalue weighted by molar-refractivity contribution is 0.0880. The van der Waals surface area contributed by atoms with Crippen molar-refractivity contribution >= 4 is 39.3 Å². The molecular weight excluding hydrogens is 378 g/mol. The number of nitrogens with two attached hydrogens (primary N) is 1. The molecule has 0 spiro atoms. The number of rotatable bonds is 2. The van der Waals surface area contributed by atoms with E-state index in [0.29, 0.717) is 5.69 Å². The van der Waals surface area contributed by atoms with Crippen molar-refractivity contribution in [3.8, 4) is 16.3 Å². The minimum absolute atomic E-state index is 0.00264. The number of pyridine rings is 2. The van der Waals surface area contributed by atoms with Gasteiger partial charge in [-0.3, -0.25) is 24.3 Å². The second-order valence-corrected chi connectivity index (χ2v) is 7.15. The Kier molecular flexibility index (Phi) is 3.40. The number of anilines is 1. The summed E-state index contributed by atoms with van der Waals surface area (Å²) in [5.41, 5.74) is 7.66. The average Bonchev–Trinajstić information content (AvgIpc) is 3.23. The highest BCUT2D eigenvalue weighted by molar-refractivity contribution is 7.21. The number of thiazole rings is 1. The summed E-state index contributed by atoms with van der Waals surface area (Å²) in [5.74, 6) is -1.31. The van der Waals surface area contributed by atoms with E-state index in [4.69, 9.17) is 5.73 Å². The lowest BCUT2D eigenvalue weighted by Crippen LogP contribution is -2.24. The van der Waals surface area contributed by atoms with Crippen LogP contribution in [-0.2, 0) is 0 Å². The molecule has 5 rings (SSSR count). The number of carbonyl (C=O) groups is 2. The molecule has 1 aliphatic rings. The van der Waals surface area contributed by atoms with Gasteiger partial charge in [-0.15, -0.1) is 0 Å². The molecule has 0 fully saturated rings. The lowest BCUT2D eigenvalue weighted by atomic mass is 10.1. The smallest absolute Gasteiger partial charge is 0.262 e. The van der Waals surface area contributed by atoms with Gasteiger partial charge in [0.15, 0.2) is 0 Å². The highest BCUT2D eigenvalue weighted by Crippen LogP contribution is 2.30. The second kappa shape index (κ2) is 5.83. The molecule has 0 radical (unpaired) electrons. The Hall–Kier alpha value is -3.85. The van der Waals surface area contributed by atoms with Crippen LogP contribution in [0.3, 0.4) is 0 Å². The van der Waals surface area contributed by atoms with Crippen molar-refractivity contribution in [2.75, 3.05) is 5.73 Å². The number of benzene rings is 1. The number of carbonyl (C=O) groups excluding carboxylic acids is 2. The van der Waals surface area contributed by atoms with Crippen molar-refractivity contribution in [2.45, 2.75) is 0 Å². The molecule has 1 aromatic carbocycles. The third-order valence-corrected chi connectivity index (χ3v) is 5.50. The monoisotopic (exact) mass is 389 g/mol. The zero-order valence-electron chi connectivity index (χ0n) is 14.2. The van der Waals surface area contributed by atoms with Gasteiger partial charge in [-0.2, -0.15) is 0 Å². The molecule has 3 N–H and O–H groups in total. The topological polar surface area (TPSA) is 120 Å². The van der Waals surface area contributed by atoms with E-state index < -0.39 is 17.4 Å². The fraction of sp³-hybridized carbons (Fsp3) is 0. The molecule has 0 bridgehead atoms. The van der Waals surface area contributed by atoms with Crippen molar-refractivity contribution in [3.63, 3.8) is 0 Å². The van der Waals surface area contributed by atoms with Crippen LogP contribution >= 0.6 is 11.3 Å². The number of hydrogen-bond acceptors (Lipinski definition) is 7. The molecule has 4 aromatic rings. The number of nitrogen functional groups attached to an aromatic ring is 1. The summed E-state index contributed by atoms with van der Waals surface area (Å²) >= 11 is 1.43. The minimum atomic E-state index is -0.619. The van der Waals surface area contributed by atoms with E-state index >= 15 is 0 Å². The van der Waals surface area contributed by atoms with E-state index in [2.05, 4.69) is 15.3 Å². The number of aromatic nitrogens is 3. The van der Waals surface area contributed by atoms with Gasteiger partial charge in [-0.1, -0.05) is 23.5 Å². The second-order valence-electron chi connectivity index (χ2n) is 6.17. The number of nitrogens with zero attached hydrogens (tertiary/aromatic N) is 3. The highest BCUT2D eigenvalue weighted by Gasteiger charge is 2.31. The quantitative estimate of drug-likeness (QED) is 0.506. The summed E-state index contributed by atoms with van der Waals surface area (Å²) in [6, 6.07) is 11.9. The van der Waals surface area contributed by atoms with E-state index in [0.717, 1.165) is 27.0 Å². The number of nitrogens with one attached hydrogen (secondary N) is 1. The molecule has 0 saturated carbocycles. The molecule has 136 valence electrons. The van der Waals surface area contributed by atoms with Gasteiger partial charge >= 0.3 is 0 Å². The van der Waals surface area contributed by atoms with Crippen LogP contribution in [0, 0.1) is 0 Å². The maximum Gasteiger partial charge on any atom is 0.262 e. The van der Waals surface area contributed by atoms with Crippen LogP contribution in [0.2, 0.25) is 0 Å². The number of hydrogen-bond donors (Lipinski definition) is 2. The van der Waals surface area contributed by atoms with Crippen LogP contribution in [-0.4, -0.2) is 26.3 Å². The summed E-state index contributed by atoms with van der Waals surface area (Å²) < 4.78 is 1.21. The number of amides is 2. The maximum absolute atomic E-state index is 12.6. The van der Waals surface area contributed by atoms with Crippen molar-refractivity contribution < 1.29 is 9.59 Å². The van der Waals surface area contributed by atoms with Gasteiger partial charge in [0.25, 0.3) is 17.4 Å². The SMILES string of the molecule is Nc1c2c(cc(=O)n1-c1cccc(-c3nc4cccnc4s3)c1)C(=O)NC2=O. The Morgan fingerprint density at radius 2 is 1.89 bits per heavy atom. The minimum Gasteiger partial charge on any atom is -0.384 e. The predicted octanol–water partition coefficient (Wildman–Crippen LogP) is 1.97. The number of fused-ring (bicyclic) bond motifs is 2. The zero-order valence-corrected chi connectivity index (χ0v) is 15.0. The first kappa shape index (κ1) is 16.3. The number of imide groups is 1. The molecule has 3 aromatic heterocycles. The third-order valence-electron chi connectivity index (χ3n) is 4.47. The molecule has 28 heavy (non-hydrogen) atoms. The maximum atomic E-state index is 12.6. The molecule has 0 atom stereocenters. The van der Waals surface area contributed by atoms with Gasteiger partial charge in [0.05, 0.1) is 16.8 Å². The summed E-state index contributed by atoms with van der Waals surface area (Å²) in [6.07, 6.45) is 1.71. The predicted molar refractivity (Wildman–Crippen MR) is 105 cm³/mol. The van der Waals surface area contributed by atoms with Gasteiger partial charge in [0, 0.05) is 17.8 Å². The molecular formula is C19H11N5O3S. The van der Waals surface area contributed by atoms with E-state index in [1.807, 2.05) is 18.2 Å². The summed E-state index contributed by atoms with van der Waals surface area (Å²) in [5, 5.41) is 2.90. The molecule has 1 aliphatic heterocycles. The summed E-state index contributed by atoms with van der Waals surface area (Å²) in [7, 11) is 0. The first-order valence-electron chi connectivity index (χ1n) is 8.26. The molecule has 9 heteroatoms. The van der Waals surface area contributed by atoms with Crippen LogP contribution in [0.4, 0.5) is 5.82 Å². The Balaban J connectivity index is 1.69. The van der Waals surface area contributed by atoms with Crippen LogP contribution in [0.1, 0.15) is 20.7 Å². The van der Waals surface area contributed by atoms with Crippen LogP contribution < -0.4 is 16.6 Å². The molecule has 8 nitrogen and oxygen atoms in total. The van der Waals surface area contributed by atoms with Gasteiger partial charge < -0.3 is 5.73 Å². The summed E-state index contributed by atoms with van der Waals surface area (Å²) in [6.45, 7) is 0. The van der Waals surface area contributed by atoms with Crippen molar-refractivity contribution in [1.82, 2.24) is 19.9 Å². The van der Waals surface area contributed by atoms with Crippen LogP contribution in [0.5, 0.6) is 0 Å². The zero-order chi connectivity index (χ0) is 19.4. The van der Waals surface area contributed by atoms with E-state index in [1.165, 1.54) is 15.9 Å². The summed E-state index contributed by atoms with van der Waals surface area (Å²) in [4.78, 5) is 46.1. The van der Waals surface area contributed by atoms with Crippen molar-refractivity contribution in [2.24, 2.45) is 0 Å². The van der Waals surface area contributed by atoms with E-state index in [9.17, 15) is 14.4 Å². The highest BCUT2D eigenvalue weighted by atomic mass is 32.1. The molecule has 0 aliphatic carbocycles. The third kappa shape index (κ3) is 2.33. The van der Waals surface area contributed by atoms with Crippen molar-refractivity contribution in [1.29, 1.82) is 0 Å². The van der Waals surface area contributed by atoms with E-state index in [1.54, 1.807) is 24.4 Å². The first-order valence-corrected chi connectivity index (χ1v) is 9.08. The van der Waals surface area contributed by atoms with Gasteiger partial charge in [0.1, 0.15) is 21.2 Å². The normalized spacial score (nSPS) is 13.0. The van der Waals surface area contributed by atoms with Crippen LogP contribution in [0.15, 0.2) is 53.5 Å². The lowest BCUT2D eigenvalue weighted by Gasteiger charge is -2.12. The van der Waals surface area contributed by atoms with Gasteiger partial charge in [-0.25, -0.2) is 9.97 Å².